The maximum atomic E-state index is 12.0. The lowest BCUT2D eigenvalue weighted by Crippen LogP contribution is -2.27. The highest BCUT2D eigenvalue weighted by Crippen LogP contribution is 2.13. The highest BCUT2D eigenvalue weighted by Gasteiger charge is 2.14. The van der Waals surface area contributed by atoms with Gasteiger partial charge in [-0.05, 0) is 31.2 Å². The third kappa shape index (κ3) is 2.68. The van der Waals surface area contributed by atoms with Crippen molar-refractivity contribution in [1.82, 2.24) is 10.3 Å². The van der Waals surface area contributed by atoms with E-state index < -0.39 is 0 Å². The number of anilines is 1. The number of hydrogen-bond acceptors (Lipinski definition) is 4. The molecule has 0 spiro atoms. The van der Waals surface area contributed by atoms with Gasteiger partial charge in [-0.3, -0.25) is 4.79 Å². The number of pyridine rings is 1. The molecule has 2 heterocycles. The molecule has 5 nitrogen and oxygen atoms in total. The van der Waals surface area contributed by atoms with E-state index in [1.807, 2.05) is 13.0 Å². The molecule has 0 aromatic carbocycles. The van der Waals surface area contributed by atoms with Gasteiger partial charge in [-0.1, -0.05) is 6.07 Å². The van der Waals surface area contributed by atoms with E-state index in [9.17, 15) is 4.79 Å². The largest absolute Gasteiger partial charge is 0.467 e. The minimum absolute atomic E-state index is 0.187. The van der Waals surface area contributed by atoms with Crippen LogP contribution in [0.2, 0.25) is 0 Å². The molecule has 94 valence electrons. The molecule has 0 fully saturated rings. The van der Waals surface area contributed by atoms with Crippen LogP contribution in [0.15, 0.2) is 41.0 Å². The van der Waals surface area contributed by atoms with Crippen LogP contribution in [0.25, 0.3) is 0 Å². The molecule has 0 aliphatic carbocycles. The number of carbonyl (C=O) groups is 1. The van der Waals surface area contributed by atoms with Gasteiger partial charge < -0.3 is 15.1 Å². The van der Waals surface area contributed by atoms with Crippen LogP contribution in [-0.4, -0.2) is 17.9 Å². The van der Waals surface area contributed by atoms with Gasteiger partial charge in [0.1, 0.15) is 17.3 Å². The van der Waals surface area contributed by atoms with Gasteiger partial charge >= 0.3 is 0 Å². The molecule has 2 rings (SSSR count). The van der Waals surface area contributed by atoms with E-state index in [0.29, 0.717) is 17.3 Å². The maximum Gasteiger partial charge on any atom is 0.270 e. The van der Waals surface area contributed by atoms with Crippen LogP contribution >= 0.6 is 0 Å². The molecule has 0 aliphatic rings. The average molecular weight is 245 g/mol. The smallest absolute Gasteiger partial charge is 0.270 e. The van der Waals surface area contributed by atoms with Crippen molar-refractivity contribution in [3.63, 3.8) is 0 Å². The van der Waals surface area contributed by atoms with Gasteiger partial charge in [0.05, 0.1) is 12.3 Å². The van der Waals surface area contributed by atoms with Gasteiger partial charge in [-0.15, -0.1) is 0 Å². The van der Waals surface area contributed by atoms with Crippen molar-refractivity contribution < 1.29 is 9.21 Å². The Morgan fingerprint density at radius 1 is 1.33 bits per heavy atom. The van der Waals surface area contributed by atoms with E-state index in [0.717, 1.165) is 0 Å². The van der Waals surface area contributed by atoms with Gasteiger partial charge in [-0.2, -0.15) is 0 Å². The number of aromatic nitrogens is 1. The summed E-state index contributed by atoms with van der Waals surface area (Å²) in [6, 6.07) is 8.68. The first-order valence-corrected chi connectivity index (χ1v) is 5.70. The van der Waals surface area contributed by atoms with Crippen molar-refractivity contribution in [2.45, 2.75) is 13.0 Å². The van der Waals surface area contributed by atoms with E-state index in [1.54, 1.807) is 37.6 Å². The van der Waals surface area contributed by atoms with Crippen molar-refractivity contribution in [1.29, 1.82) is 0 Å². The monoisotopic (exact) mass is 245 g/mol. The molecule has 1 atom stereocenters. The Hall–Kier alpha value is -2.30. The summed E-state index contributed by atoms with van der Waals surface area (Å²) in [5.74, 6) is 1.15. The first-order chi connectivity index (χ1) is 8.70. The molecule has 1 unspecified atom stereocenters. The van der Waals surface area contributed by atoms with Crippen molar-refractivity contribution >= 4 is 11.7 Å². The molecule has 0 radical (unpaired) electrons. The first-order valence-electron chi connectivity index (χ1n) is 5.70. The zero-order valence-corrected chi connectivity index (χ0v) is 10.3. The Morgan fingerprint density at radius 3 is 2.83 bits per heavy atom. The topological polar surface area (TPSA) is 67.2 Å². The van der Waals surface area contributed by atoms with Crippen molar-refractivity contribution in [3.05, 3.63) is 48.0 Å². The Kier molecular flexibility index (Phi) is 3.62. The highest BCUT2D eigenvalue weighted by molar-refractivity contribution is 5.92. The summed E-state index contributed by atoms with van der Waals surface area (Å²) in [6.07, 6.45) is 1.58. The molecule has 0 saturated carbocycles. The fourth-order valence-corrected chi connectivity index (χ4v) is 1.58. The number of carbonyl (C=O) groups excluding carboxylic acids is 1. The minimum Gasteiger partial charge on any atom is -0.467 e. The zero-order chi connectivity index (χ0) is 13.0. The standard InChI is InChI=1S/C13H15N3O2/c1-9(11-6-4-8-18-11)15-13(17)10-5-3-7-12(14-2)16-10/h3-9H,1-2H3,(H,14,16)(H,15,17). The summed E-state index contributed by atoms with van der Waals surface area (Å²) in [5, 5.41) is 5.72. The summed E-state index contributed by atoms with van der Waals surface area (Å²) < 4.78 is 5.23. The summed E-state index contributed by atoms with van der Waals surface area (Å²) in [6.45, 7) is 1.86. The molecule has 18 heavy (non-hydrogen) atoms. The van der Waals surface area contributed by atoms with Gasteiger partial charge in [0.25, 0.3) is 5.91 Å². The fourth-order valence-electron chi connectivity index (χ4n) is 1.58. The van der Waals surface area contributed by atoms with Crippen LogP contribution in [0.1, 0.15) is 29.2 Å². The quantitative estimate of drug-likeness (QED) is 0.866. The van der Waals surface area contributed by atoms with Crippen LogP contribution in [0.4, 0.5) is 5.82 Å². The molecular weight excluding hydrogens is 230 g/mol. The Bertz CT molecular complexity index is 523. The lowest BCUT2D eigenvalue weighted by molar-refractivity contribution is 0.0930. The van der Waals surface area contributed by atoms with E-state index in [2.05, 4.69) is 15.6 Å². The number of furan rings is 1. The molecule has 2 aromatic rings. The number of hydrogen-bond donors (Lipinski definition) is 2. The molecule has 5 heteroatoms. The van der Waals surface area contributed by atoms with Crippen molar-refractivity contribution in [2.75, 3.05) is 12.4 Å². The van der Waals surface area contributed by atoms with E-state index in [4.69, 9.17) is 4.42 Å². The van der Waals surface area contributed by atoms with Crippen LogP contribution < -0.4 is 10.6 Å². The molecular formula is C13H15N3O2. The number of nitrogens with one attached hydrogen (secondary N) is 2. The maximum absolute atomic E-state index is 12.0. The summed E-state index contributed by atoms with van der Waals surface area (Å²) in [5.41, 5.74) is 0.375. The van der Waals surface area contributed by atoms with Crippen molar-refractivity contribution in [3.8, 4) is 0 Å². The predicted molar refractivity (Wildman–Crippen MR) is 68.4 cm³/mol. The van der Waals surface area contributed by atoms with Gasteiger partial charge in [0, 0.05) is 7.05 Å². The summed E-state index contributed by atoms with van der Waals surface area (Å²) >= 11 is 0. The van der Waals surface area contributed by atoms with E-state index in [1.165, 1.54) is 0 Å². The zero-order valence-electron chi connectivity index (χ0n) is 10.3. The second-order valence-corrected chi connectivity index (χ2v) is 3.87. The van der Waals surface area contributed by atoms with Crippen LogP contribution in [0.5, 0.6) is 0 Å². The molecule has 0 bridgehead atoms. The number of rotatable bonds is 4. The van der Waals surface area contributed by atoms with Gasteiger partial charge in [-0.25, -0.2) is 4.98 Å². The highest BCUT2D eigenvalue weighted by atomic mass is 16.3. The van der Waals surface area contributed by atoms with E-state index >= 15 is 0 Å². The minimum atomic E-state index is -0.226. The lowest BCUT2D eigenvalue weighted by Gasteiger charge is -2.11. The lowest BCUT2D eigenvalue weighted by atomic mass is 10.2. The molecule has 2 N–H and O–H groups in total. The number of amides is 1. The molecule has 0 aliphatic heterocycles. The SMILES string of the molecule is CNc1cccc(C(=O)NC(C)c2ccco2)n1. The molecule has 0 saturated heterocycles. The third-order valence-corrected chi connectivity index (χ3v) is 2.56. The van der Waals surface area contributed by atoms with Crippen molar-refractivity contribution in [2.24, 2.45) is 0 Å². The summed E-state index contributed by atoms with van der Waals surface area (Å²) in [4.78, 5) is 16.1. The average Bonchev–Trinajstić information content (AvgIpc) is 2.92. The normalized spacial score (nSPS) is 11.9. The second kappa shape index (κ2) is 5.35. The number of nitrogens with zero attached hydrogens (tertiary/aromatic N) is 1. The fraction of sp³-hybridized carbons (Fsp3) is 0.231. The second-order valence-electron chi connectivity index (χ2n) is 3.87. The van der Waals surface area contributed by atoms with Crippen LogP contribution in [0, 0.1) is 0 Å². The molecule has 1 amide bonds. The van der Waals surface area contributed by atoms with E-state index in [-0.39, 0.29) is 11.9 Å². The Balaban J connectivity index is 2.07. The predicted octanol–water partition coefficient (Wildman–Crippen LogP) is 2.21. The van der Waals surface area contributed by atoms with Gasteiger partial charge in [0.2, 0.25) is 0 Å². The Morgan fingerprint density at radius 2 is 2.17 bits per heavy atom. The third-order valence-electron chi connectivity index (χ3n) is 2.56. The van der Waals surface area contributed by atoms with Gasteiger partial charge in [0.15, 0.2) is 0 Å². The van der Waals surface area contributed by atoms with Crippen LogP contribution in [-0.2, 0) is 0 Å². The van der Waals surface area contributed by atoms with Crippen LogP contribution in [0.3, 0.4) is 0 Å². The first kappa shape index (κ1) is 12.2. The molecule has 2 aromatic heterocycles. The Labute approximate surface area is 105 Å². The summed E-state index contributed by atoms with van der Waals surface area (Å²) in [7, 11) is 1.76.